The summed E-state index contributed by atoms with van der Waals surface area (Å²) in [4.78, 5) is 7.74. The fraction of sp³-hybridized carbons (Fsp3) is 0.0833. The third-order valence-electron chi connectivity index (χ3n) is 2.82. The van der Waals surface area contributed by atoms with Crippen molar-refractivity contribution in [2.75, 3.05) is 11.8 Å². The lowest BCUT2D eigenvalue weighted by Gasteiger charge is -2.08. The van der Waals surface area contributed by atoms with E-state index in [4.69, 9.17) is 27.9 Å². The summed E-state index contributed by atoms with van der Waals surface area (Å²) >= 11 is 11.9. The second-order valence-corrected chi connectivity index (χ2v) is 6.73. The van der Waals surface area contributed by atoms with Crippen LogP contribution in [-0.4, -0.2) is 35.1 Å². The Morgan fingerprint density at radius 2 is 1.91 bits per heavy atom. The van der Waals surface area contributed by atoms with Crippen molar-refractivity contribution in [2.45, 2.75) is 4.90 Å². The largest absolute Gasteiger partial charge is 0.467 e. The number of halogens is 2. The number of hydrogen-bond donors (Lipinski definition) is 1. The first-order valence-electron chi connectivity index (χ1n) is 6.15. The van der Waals surface area contributed by atoms with Crippen LogP contribution < -0.4 is 9.46 Å². The zero-order valence-electron chi connectivity index (χ0n) is 11.6. The van der Waals surface area contributed by atoms with Crippen molar-refractivity contribution in [1.82, 2.24) is 19.6 Å². The van der Waals surface area contributed by atoms with Crippen LogP contribution in [0.15, 0.2) is 35.4 Å². The summed E-state index contributed by atoms with van der Waals surface area (Å²) in [6.45, 7) is 0. The second-order valence-electron chi connectivity index (χ2n) is 4.29. The standard InChI is InChI=1S/C12H9Cl2N5O3S/c1-22-12-15-6-5-9-16-11(17-19(9)12)18-23(20,21)10-7(13)3-2-4-8(10)14/h2-6H,1H3,(H,17,18). The molecule has 8 nitrogen and oxygen atoms in total. The van der Waals surface area contributed by atoms with E-state index in [-0.39, 0.29) is 26.9 Å². The Kier molecular flexibility index (Phi) is 4.00. The molecule has 120 valence electrons. The second kappa shape index (κ2) is 5.84. The average molecular weight is 374 g/mol. The van der Waals surface area contributed by atoms with E-state index in [2.05, 4.69) is 19.8 Å². The highest BCUT2D eigenvalue weighted by Crippen LogP contribution is 2.30. The fourth-order valence-electron chi connectivity index (χ4n) is 1.89. The van der Waals surface area contributed by atoms with E-state index in [1.807, 2.05) is 0 Å². The van der Waals surface area contributed by atoms with Crippen molar-refractivity contribution in [2.24, 2.45) is 0 Å². The Bertz CT molecular complexity index is 969. The third kappa shape index (κ3) is 2.90. The summed E-state index contributed by atoms with van der Waals surface area (Å²) in [5.74, 6) is -0.160. The van der Waals surface area contributed by atoms with Gasteiger partial charge in [0, 0.05) is 12.3 Å². The number of nitrogens with zero attached hydrogens (tertiary/aromatic N) is 4. The van der Waals surface area contributed by atoms with Crippen LogP contribution in [0.1, 0.15) is 0 Å². The van der Waals surface area contributed by atoms with Gasteiger partial charge in [-0.25, -0.2) is 18.1 Å². The summed E-state index contributed by atoms with van der Waals surface area (Å²) in [7, 11) is -2.64. The van der Waals surface area contributed by atoms with Crippen LogP contribution in [0.2, 0.25) is 10.0 Å². The summed E-state index contributed by atoms with van der Waals surface area (Å²) in [6, 6.07) is 6.10. The van der Waals surface area contributed by atoms with E-state index < -0.39 is 10.0 Å². The number of methoxy groups -OCH3 is 1. The first-order chi connectivity index (χ1) is 10.9. The molecule has 0 radical (unpaired) electrons. The zero-order chi connectivity index (χ0) is 16.6. The molecule has 0 aliphatic rings. The fourth-order valence-corrected chi connectivity index (χ4v) is 3.97. The van der Waals surface area contributed by atoms with E-state index in [1.54, 1.807) is 12.1 Å². The Labute approximate surface area is 141 Å². The number of rotatable bonds is 4. The van der Waals surface area contributed by atoms with Gasteiger partial charge in [-0.15, -0.1) is 5.10 Å². The summed E-state index contributed by atoms with van der Waals surface area (Å²) in [5, 5.41) is 3.98. The van der Waals surface area contributed by atoms with Gasteiger partial charge in [-0.1, -0.05) is 29.3 Å². The Balaban J connectivity index is 2.04. The van der Waals surface area contributed by atoms with Gasteiger partial charge in [0.05, 0.1) is 17.2 Å². The van der Waals surface area contributed by atoms with Gasteiger partial charge in [0.25, 0.3) is 16.0 Å². The molecule has 0 saturated heterocycles. The van der Waals surface area contributed by atoms with Crippen LogP contribution in [-0.2, 0) is 10.0 Å². The lowest BCUT2D eigenvalue weighted by Crippen LogP contribution is -2.15. The van der Waals surface area contributed by atoms with Crippen molar-refractivity contribution in [3.05, 3.63) is 40.5 Å². The van der Waals surface area contributed by atoms with Crippen LogP contribution in [0.3, 0.4) is 0 Å². The molecule has 0 fully saturated rings. The number of nitrogens with one attached hydrogen (secondary N) is 1. The van der Waals surface area contributed by atoms with Gasteiger partial charge in [-0.05, 0) is 12.1 Å². The number of ether oxygens (including phenoxy) is 1. The number of benzene rings is 1. The highest BCUT2D eigenvalue weighted by molar-refractivity contribution is 7.93. The molecule has 2 aromatic heterocycles. The van der Waals surface area contributed by atoms with Crippen molar-refractivity contribution >= 4 is 44.8 Å². The number of sulfonamides is 1. The smallest absolute Gasteiger partial charge is 0.319 e. The maximum absolute atomic E-state index is 12.5. The van der Waals surface area contributed by atoms with Gasteiger partial charge in [0.1, 0.15) is 4.90 Å². The van der Waals surface area contributed by atoms with Crippen LogP contribution in [0.25, 0.3) is 5.65 Å². The monoisotopic (exact) mass is 373 g/mol. The molecule has 0 amide bonds. The molecule has 0 spiro atoms. The van der Waals surface area contributed by atoms with Crippen molar-refractivity contribution in [3.63, 3.8) is 0 Å². The predicted octanol–water partition coefficient (Wildman–Crippen LogP) is 2.24. The summed E-state index contributed by atoms with van der Waals surface area (Å²) in [5.41, 5.74) is 0.361. The lowest BCUT2D eigenvalue weighted by atomic mass is 10.4. The predicted molar refractivity (Wildman–Crippen MR) is 84.6 cm³/mol. The molecule has 3 aromatic rings. The molecular formula is C12H9Cl2N5O3S. The van der Waals surface area contributed by atoms with Crippen LogP contribution in [0.5, 0.6) is 6.01 Å². The van der Waals surface area contributed by atoms with E-state index >= 15 is 0 Å². The summed E-state index contributed by atoms with van der Waals surface area (Å²) < 4.78 is 33.4. The Morgan fingerprint density at radius 1 is 1.22 bits per heavy atom. The Morgan fingerprint density at radius 3 is 2.57 bits per heavy atom. The van der Waals surface area contributed by atoms with Crippen LogP contribution >= 0.6 is 23.2 Å². The molecule has 0 aliphatic heterocycles. The highest BCUT2D eigenvalue weighted by atomic mass is 35.5. The van der Waals surface area contributed by atoms with Gasteiger partial charge >= 0.3 is 6.01 Å². The third-order valence-corrected chi connectivity index (χ3v) is 5.10. The molecule has 1 N–H and O–H groups in total. The zero-order valence-corrected chi connectivity index (χ0v) is 13.9. The van der Waals surface area contributed by atoms with E-state index in [0.29, 0.717) is 5.65 Å². The van der Waals surface area contributed by atoms with Crippen molar-refractivity contribution in [3.8, 4) is 6.01 Å². The SMILES string of the molecule is COc1nccc2nc(NS(=O)(=O)c3c(Cl)cccc3Cl)nn12. The average Bonchev–Trinajstić information content (AvgIpc) is 2.87. The molecule has 11 heteroatoms. The first-order valence-corrected chi connectivity index (χ1v) is 8.39. The normalized spacial score (nSPS) is 11.6. The minimum Gasteiger partial charge on any atom is -0.467 e. The highest BCUT2D eigenvalue weighted by Gasteiger charge is 2.23. The van der Waals surface area contributed by atoms with Gasteiger partial charge in [-0.3, -0.25) is 0 Å². The van der Waals surface area contributed by atoms with Gasteiger partial charge in [-0.2, -0.15) is 9.50 Å². The van der Waals surface area contributed by atoms with Gasteiger partial charge < -0.3 is 4.74 Å². The van der Waals surface area contributed by atoms with Crippen LogP contribution in [0.4, 0.5) is 5.95 Å². The molecule has 0 saturated carbocycles. The molecule has 1 aromatic carbocycles. The molecule has 3 rings (SSSR count). The number of fused-ring (bicyclic) bond motifs is 1. The molecule has 2 heterocycles. The molecule has 23 heavy (non-hydrogen) atoms. The topological polar surface area (TPSA) is 98.5 Å². The molecule has 0 bridgehead atoms. The quantitative estimate of drug-likeness (QED) is 0.752. The molecule has 0 unspecified atom stereocenters. The van der Waals surface area contributed by atoms with Crippen LogP contribution in [0, 0.1) is 0 Å². The van der Waals surface area contributed by atoms with Crippen molar-refractivity contribution < 1.29 is 13.2 Å². The van der Waals surface area contributed by atoms with Crippen molar-refractivity contribution in [1.29, 1.82) is 0 Å². The minimum atomic E-state index is -4.06. The molecule has 0 atom stereocenters. The first kappa shape index (κ1) is 15.8. The number of aromatic nitrogens is 4. The maximum atomic E-state index is 12.5. The minimum absolute atomic E-state index is 0.00647. The molecule has 0 aliphatic carbocycles. The van der Waals surface area contributed by atoms with E-state index in [0.717, 1.165) is 0 Å². The number of hydrogen-bond acceptors (Lipinski definition) is 6. The maximum Gasteiger partial charge on any atom is 0.319 e. The summed E-state index contributed by atoms with van der Waals surface area (Å²) in [6.07, 6.45) is 1.46. The molecular weight excluding hydrogens is 365 g/mol. The van der Waals surface area contributed by atoms with Gasteiger partial charge in [0.2, 0.25) is 0 Å². The Hall–Kier alpha value is -2.10. The van der Waals surface area contributed by atoms with Gasteiger partial charge in [0.15, 0.2) is 5.65 Å². The lowest BCUT2D eigenvalue weighted by molar-refractivity contribution is 0.367. The van der Waals surface area contributed by atoms with E-state index in [9.17, 15) is 8.42 Å². The number of anilines is 1. The van der Waals surface area contributed by atoms with E-state index in [1.165, 1.54) is 30.0 Å².